The minimum atomic E-state index is -0.647. The zero-order valence-electron chi connectivity index (χ0n) is 17.9. The molecule has 3 nitrogen and oxygen atoms in total. The molecule has 164 valence electrons. The molecule has 2 atom stereocenters. The standard InChI is InChI=1S/C26H30Cl2N2O/c1-2-13-26(21-11-12-22(27)23(28)18-21)14-8-17-30(25(26)31)24(19-29-15-6-7-16-29)20-9-4-3-5-10-20/h2-5,9-12,18,24H,1,6-8,13-17,19H2. The number of benzene rings is 2. The van der Waals surface area contributed by atoms with Gasteiger partial charge in [0.2, 0.25) is 5.91 Å². The molecule has 2 heterocycles. The van der Waals surface area contributed by atoms with Crippen LogP contribution in [0.4, 0.5) is 0 Å². The van der Waals surface area contributed by atoms with Gasteiger partial charge in [0.1, 0.15) is 0 Å². The first-order valence-electron chi connectivity index (χ1n) is 11.2. The summed E-state index contributed by atoms with van der Waals surface area (Å²) in [4.78, 5) is 18.8. The van der Waals surface area contributed by atoms with E-state index in [4.69, 9.17) is 23.2 Å². The molecule has 1 amide bonds. The predicted octanol–water partition coefficient (Wildman–Crippen LogP) is 6.27. The van der Waals surface area contributed by atoms with Crippen LogP contribution in [-0.2, 0) is 10.2 Å². The Morgan fingerprint density at radius 1 is 1.00 bits per heavy atom. The molecule has 2 unspecified atom stereocenters. The summed E-state index contributed by atoms with van der Waals surface area (Å²) < 4.78 is 0. The summed E-state index contributed by atoms with van der Waals surface area (Å²) in [5.74, 6) is 0.171. The van der Waals surface area contributed by atoms with E-state index < -0.39 is 5.41 Å². The average molecular weight is 457 g/mol. The summed E-state index contributed by atoms with van der Waals surface area (Å²) in [6.45, 7) is 7.83. The molecule has 2 saturated heterocycles. The second kappa shape index (κ2) is 9.77. The Balaban J connectivity index is 1.72. The van der Waals surface area contributed by atoms with Crippen molar-refractivity contribution >= 4 is 29.1 Å². The fourth-order valence-corrected chi connectivity index (χ4v) is 5.51. The van der Waals surface area contributed by atoms with Crippen molar-refractivity contribution in [2.24, 2.45) is 0 Å². The van der Waals surface area contributed by atoms with E-state index in [0.29, 0.717) is 16.5 Å². The van der Waals surface area contributed by atoms with Gasteiger partial charge in [0.25, 0.3) is 0 Å². The van der Waals surface area contributed by atoms with Crippen molar-refractivity contribution in [1.29, 1.82) is 0 Å². The number of likely N-dealkylation sites (tertiary alicyclic amines) is 2. The normalized spacial score (nSPS) is 23.2. The lowest BCUT2D eigenvalue weighted by Gasteiger charge is -2.46. The summed E-state index contributed by atoms with van der Waals surface area (Å²) >= 11 is 12.5. The number of hydrogen-bond donors (Lipinski definition) is 0. The molecule has 31 heavy (non-hydrogen) atoms. The lowest BCUT2D eigenvalue weighted by Crippen LogP contribution is -2.54. The number of amides is 1. The molecule has 0 saturated carbocycles. The van der Waals surface area contributed by atoms with Crippen LogP contribution < -0.4 is 0 Å². The first-order chi connectivity index (χ1) is 15.0. The highest BCUT2D eigenvalue weighted by molar-refractivity contribution is 6.42. The van der Waals surface area contributed by atoms with Gasteiger partial charge < -0.3 is 9.80 Å². The van der Waals surface area contributed by atoms with Crippen LogP contribution in [0, 0.1) is 0 Å². The van der Waals surface area contributed by atoms with Gasteiger partial charge in [-0.3, -0.25) is 4.79 Å². The highest BCUT2D eigenvalue weighted by atomic mass is 35.5. The van der Waals surface area contributed by atoms with E-state index in [-0.39, 0.29) is 11.9 Å². The van der Waals surface area contributed by atoms with Crippen LogP contribution in [-0.4, -0.2) is 41.9 Å². The van der Waals surface area contributed by atoms with Crippen molar-refractivity contribution < 1.29 is 4.79 Å². The maximum atomic E-state index is 14.2. The number of rotatable bonds is 7. The molecule has 0 radical (unpaired) electrons. The Morgan fingerprint density at radius 3 is 2.42 bits per heavy atom. The second-order valence-electron chi connectivity index (χ2n) is 8.74. The van der Waals surface area contributed by atoms with Crippen molar-refractivity contribution in [3.05, 3.63) is 82.4 Å². The van der Waals surface area contributed by atoms with Crippen molar-refractivity contribution in [2.45, 2.75) is 43.6 Å². The van der Waals surface area contributed by atoms with E-state index in [2.05, 4.69) is 40.6 Å². The lowest BCUT2D eigenvalue weighted by molar-refractivity contribution is -0.144. The van der Waals surface area contributed by atoms with Crippen LogP contribution in [0.5, 0.6) is 0 Å². The van der Waals surface area contributed by atoms with Gasteiger partial charge in [0, 0.05) is 13.1 Å². The zero-order chi connectivity index (χ0) is 21.8. The van der Waals surface area contributed by atoms with Crippen LogP contribution in [0.15, 0.2) is 61.2 Å². The molecular weight excluding hydrogens is 427 g/mol. The topological polar surface area (TPSA) is 23.6 Å². The highest BCUT2D eigenvalue weighted by Gasteiger charge is 2.46. The number of hydrogen-bond acceptors (Lipinski definition) is 2. The first kappa shape index (κ1) is 22.4. The van der Waals surface area contributed by atoms with Crippen molar-refractivity contribution in [1.82, 2.24) is 9.80 Å². The Bertz CT molecular complexity index is 926. The van der Waals surface area contributed by atoms with Gasteiger partial charge in [-0.25, -0.2) is 0 Å². The van der Waals surface area contributed by atoms with E-state index in [0.717, 1.165) is 44.6 Å². The third kappa shape index (κ3) is 4.55. The molecule has 2 fully saturated rings. The minimum absolute atomic E-state index is 0.0408. The smallest absolute Gasteiger partial charge is 0.234 e. The quantitative estimate of drug-likeness (QED) is 0.458. The van der Waals surface area contributed by atoms with Crippen LogP contribution in [0.2, 0.25) is 10.0 Å². The third-order valence-electron chi connectivity index (χ3n) is 6.83. The molecule has 2 aromatic rings. The van der Waals surface area contributed by atoms with Gasteiger partial charge in [-0.2, -0.15) is 0 Å². The van der Waals surface area contributed by atoms with Crippen LogP contribution in [0.1, 0.15) is 49.3 Å². The van der Waals surface area contributed by atoms with Gasteiger partial charge in [0.05, 0.1) is 21.5 Å². The largest absolute Gasteiger partial charge is 0.334 e. The summed E-state index contributed by atoms with van der Waals surface area (Å²) in [7, 11) is 0. The van der Waals surface area contributed by atoms with Gasteiger partial charge in [-0.05, 0) is 68.5 Å². The molecule has 4 rings (SSSR count). The Hall–Kier alpha value is -1.81. The Labute approximate surface area is 195 Å². The summed E-state index contributed by atoms with van der Waals surface area (Å²) in [5, 5.41) is 1.000. The van der Waals surface area contributed by atoms with Gasteiger partial charge in [0.15, 0.2) is 0 Å². The maximum Gasteiger partial charge on any atom is 0.234 e. The molecule has 2 aromatic carbocycles. The van der Waals surface area contributed by atoms with Crippen LogP contribution >= 0.6 is 23.2 Å². The van der Waals surface area contributed by atoms with Gasteiger partial charge >= 0.3 is 0 Å². The summed E-state index contributed by atoms with van der Waals surface area (Å²) in [6.07, 6.45) is 6.66. The summed E-state index contributed by atoms with van der Waals surface area (Å²) in [5.41, 5.74) is 1.49. The van der Waals surface area contributed by atoms with E-state index in [9.17, 15) is 4.79 Å². The molecule has 0 aromatic heterocycles. The molecule has 0 aliphatic carbocycles. The molecule has 0 spiro atoms. The van der Waals surface area contributed by atoms with E-state index in [1.54, 1.807) is 6.07 Å². The number of allylic oxidation sites excluding steroid dienone is 1. The third-order valence-corrected chi connectivity index (χ3v) is 7.57. The summed E-state index contributed by atoms with van der Waals surface area (Å²) in [6, 6.07) is 16.1. The molecule has 2 aliphatic heterocycles. The Morgan fingerprint density at radius 2 is 1.74 bits per heavy atom. The molecule has 5 heteroatoms. The number of carbonyl (C=O) groups excluding carboxylic acids is 1. The van der Waals surface area contributed by atoms with Gasteiger partial charge in [-0.1, -0.05) is 65.7 Å². The number of nitrogens with zero attached hydrogens (tertiary/aromatic N) is 2. The SMILES string of the molecule is C=CCC1(c2ccc(Cl)c(Cl)c2)CCCN(C(CN2CCCC2)c2ccccc2)C1=O. The monoisotopic (exact) mass is 456 g/mol. The fraction of sp³-hybridized carbons (Fsp3) is 0.423. The van der Waals surface area contributed by atoms with Crippen LogP contribution in [0.25, 0.3) is 0 Å². The molecule has 0 bridgehead atoms. The minimum Gasteiger partial charge on any atom is -0.334 e. The molecule has 0 N–H and O–H groups in total. The predicted molar refractivity (Wildman–Crippen MR) is 129 cm³/mol. The molecule has 2 aliphatic rings. The molecular formula is C26H30Cl2N2O. The average Bonchev–Trinajstić information content (AvgIpc) is 3.30. The van der Waals surface area contributed by atoms with Crippen molar-refractivity contribution in [3.63, 3.8) is 0 Å². The van der Waals surface area contributed by atoms with Crippen molar-refractivity contribution in [3.8, 4) is 0 Å². The van der Waals surface area contributed by atoms with Gasteiger partial charge in [-0.15, -0.1) is 6.58 Å². The zero-order valence-corrected chi connectivity index (χ0v) is 19.4. The first-order valence-corrected chi connectivity index (χ1v) is 12.0. The highest BCUT2D eigenvalue weighted by Crippen LogP contribution is 2.43. The van der Waals surface area contributed by atoms with E-state index in [1.807, 2.05) is 24.3 Å². The number of carbonyl (C=O) groups is 1. The lowest BCUT2D eigenvalue weighted by atomic mass is 9.70. The van der Waals surface area contributed by atoms with E-state index >= 15 is 0 Å². The number of halogens is 2. The fourth-order valence-electron chi connectivity index (χ4n) is 5.22. The number of piperidine rings is 1. The second-order valence-corrected chi connectivity index (χ2v) is 9.55. The Kier molecular flexibility index (Phi) is 7.05. The van der Waals surface area contributed by atoms with Crippen molar-refractivity contribution in [2.75, 3.05) is 26.2 Å². The van der Waals surface area contributed by atoms with E-state index in [1.165, 1.54) is 18.4 Å². The van der Waals surface area contributed by atoms with Crippen LogP contribution in [0.3, 0.4) is 0 Å². The maximum absolute atomic E-state index is 14.2.